The SMILES string of the molecule is COC(C)(C)Nc1cc2c(cc1OC(=O)CCCCC1CCSS1)OCO2. The van der Waals surface area contributed by atoms with Crippen molar-refractivity contribution in [2.75, 3.05) is 25.0 Å². The lowest BCUT2D eigenvalue weighted by Crippen LogP contribution is -2.33. The number of unbranched alkanes of at least 4 members (excludes halogenated alkanes) is 1. The van der Waals surface area contributed by atoms with E-state index in [1.54, 1.807) is 19.2 Å². The number of hydrogen-bond acceptors (Lipinski definition) is 8. The fourth-order valence-corrected chi connectivity index (χ4v) is 5.89. The summed E-state index contributed by atoms with van der Waals surface area (Å²) in [7, 11) is 5.55. The zero-order valence-corrected chi connectivity index (χ0v) is 17.7. The van der Waals surface area contributed by atoms with Gasteiger partial charge in [0.05, 0.1) is 5.69 Å². The monoisotopic (exact) mass is 413 g/mol. The molecule has 0 amide bonds. The van der Waals surface area contributed by atoms with Crippen LogP contribution in [0.1, 0.15) is 46.0 Å². The molecule has 1 atom stereocenters. The van der Waals surface area contributed by atoms with Gasteiger partial charge in [-0.05, 0) is 33.1 Å². The van der Waals surface area contributed by atoms with Crippen LogP contribution in [-0.2, 0) is 9.53 Å². The summed E-state index contributed by atoms with van der Waals surface area (Å²) in [6.45, 7) is 3.95. The first-order valence-corrected chi connectivity index (χ1v) is 11.6. The van der Waals surface area contributed by atoms with E-state index in [2.05, 4.69) is 5.32 Å². The van der Waals surface area contributed by atoms with Gasteiger partial charge in [-0.1, -0.05) is 28.0 Å². The average molecular weight is 414 g/mol. The van der Waals surface area contributed by atoms with Gasteiger partial charge >= 0.3 is 5.97 Å². The van der Waals surface area contributed by atoms with Crippen LogP contribution in [0.15, 0.2) is 12.1 Å². The van der Waals surface area contributed by atoms with Crippen LogP contribution in [0.4, 0.5) is 5.69 Å². The van der Waals surface area contributed by atoms with E-state index in [-0.39, 0.29) is 12.8 Å². The molecule has 1 saturated heterocycles. The Balaban J connectivity index is 1.57. The number of methoxy groups -OCH3 is 1. The molecular weight excluding hydrogens is 386 g/mol. The molecule has 3 rings (SSSR count). The molecule has 0 spiro atoms. The second kappa shape index (κ2) is 9.30. The second-order valence-electron chi connectivity index (χ2n) is 7.09. The summed E-state index contributed by atoms with van der Waals surface area (Å²) in [6.07, 6.45) is 4.75. The molecule has 2 aliphatic rings. The normalized spacial score (nSPS) is 18.6. The first-order valence-electron chi connectivity index (χ1n) is 9.23. The summed E-state index contributed by atoms with van der Waals surface area (Å²) in [5, 5.41) is 3.98. The van der Waals surface area contributed by atoms with Crippen molar-refractivity contribution < 1.29 is 23.7 Å². The molecule has 1 N–H and O–H groups in total. The fourth-order valence-electron chi connectivity index (χ4n) is 2.86. The summed E-state index contributed by atoms with van der Waals surface area (Å²) >= 11 is 0. The van der Waals surface area contributed by atoms with E-state index in [1.165, 1.54) is 18.6 Å². The Kier molecular flexibility index (Phi) is 7.05. The molecule has 1 aromatic rings. The molecule has 2 aliphatic heterocycles. The predicted molar refractivity (Wildman–Crippen MR) is 110 cm³/mol. The molecule has 1 unspecified atom stereocenters. The molecule has 0 bridgehead atoms. The van der Waals surface area contributed by atoms with Crippen LogP contribution >= 0.6 is 21.6 Å². The lowest BCUT2D eigenvalue weighted by Gasteiger charge is -2.27. The Morgan fingerprint density at radius 1 is 1.30 bits per heavy atom. The quantitative estimate of drug-likeness (QED) is 0.203. The largest absolute Gasteiger partial charge is 0.454 e. The Labute approximate surface area is 168 Å². The van der Waals surface area contributed by atoms with Crippen molar-refractivity contribution in [2.45, 2.75) is 56.9 Å². The summed E-state index contributed by atoms with van der Waals surface area (Å²) in [6, 6.07) is 3.47. The summed E-state index contributed by atoms with van der Waals surface area (Å²) in [5.41, 5.74) is 0.0186. The maximum Gasteiger partial charge on any atom is 0.311 e. The van der Waals surface area contributed by atoms with Crippen LogP contribution in [0.3, 0.4) is 0 Å². The van der Waals surface area contributed by atoms with Crippen molar-refractivity contribution in [3.63, 3.8) is 0 Å². The highest BCUT2D eigenvalue weighted by Gasteiger charge is 2.24. The van der Waals surface area contributed by atoms with Gasteiger partial charge in [0.15, 0.2) is 17.2 Å². The average Bonchev–Trinajstić information content (AvgIpc) is 3.30. The highest BCUT2D eigenvalue weighted by Crippen LogP contribution is 2.42. The molecule has 0 saturated carbocycles. The van der Waals surface area contributed by atoms with Crippen molar-refractivity contribution in [3.8, 4) is 17.2 Å². The smallest absolute Gasteiger partial charge is 0.311 e. The fraction of sp³-hybridized carbons (Fsp3) is 0.632. The van der Waals surface area contributed by atoms with Crippen molar-refractivity contribution in [2.24, 2.45) is 0 Å². The standard InChI is InChI=1S/C19H27NO5S2/c1-19(2,22-3)20-14-10-16-17(24-12-23-16)11-15(14)25-18(21)7-5-4-6-13-8-9-26-27-13/h10-11,13,20H,4-9,12H2,1-3H3. The Morgan fingerprint density at radius 3 is 2.78 bits per heavy atom. The molecule has 2 heterocycles. The maximum absolute atomic E-state index is 12.3. The van der Waals surface area contributed by atoms with E-state index in [9.17, 15) is 4.79 Å². The molecular formula is C19H27NO5S2. The predicted octanol–water partition coefficient (Wildman–Crippen LogP) is 4.83. The number of fused-ring (bicyclic) bond motifs is 1. The van der Waals surface area contributed by atoms with Crippen LogP contribution in [0.2, 0.25) is 0 Å². The van der Waals surface area contributed by atoms with Gasteiger partial charge in [-0.3, -0.25) is 4.79 Å². The van der Waals surface area contributed by atoms with E-state index in [0.717, 1.165) is 18.1 Å². The Bertz CT molecular complexity index is 662. The molecule has 150 valence electrons. The zero-order valence-electron chi connectivity index (χ0n) is 16.0. The Hall–Kier alpha value is -1.25. The van der Waals surface area contributed by atoms with Gasteiger partial charge in [-0.2, -0.15) is 0 Å². The number of nitrogens with one attached hydrogen (secondary N) is 1. The van der Waals surface area contributed by atoms with E-state index in [4.69, 9.17) is 18.9 Å². The molecule has 27 heavy (non-hydrogen) atoms. The van der Waals surface area contributed by atoms with Crippen molar-refractivity contribution in [1.29, 1.82) is 0 Å². The van der Waals surface area contributed by atoms with E-state index in [0.29, 0.717) is 29.4 Å². The van der Waals surface area contributed by atoms with Gasteiger partial charge in [0.2, 0.25) is 6.79 Å². The number of carbonyl (C=O) groups excluding carboxylic acids is 1. The number of rotatable bonds is 9. The minimum absolute atomic E-state index is 0.164. The number of carbonyl (C=O) groups is 1. The van der Waals surface area contributed by atoms with Gasteiger partial charge < -0.3 is 24.3 Å². The second-order valence-corrected chi connectivity index (χ2v) is 9.88. The Morgan fingerprint density at radius 2 is 2.07 bits per heavy atom. The van der Waals surface area contributed by atoms with Crippen LogP contribution < -0.4 is 19.5 Å². The summed E-state index contributed by atoms with van der Waals surface area (Å²) in [5.74, 6) is 2.64. The number of esters is 1. The van der Waals surface area contributed by atoms with Crippen molar-refractivity contribution in [1.82, 2.24) is 0 Å². The van der Waals surface area contributed by atoms with Gasteiger partial charge in [-0.25, -0.2) is 0 Å². The maximum atomic E-state index is 12.3. The first kappa shape index (κ1) is 20.5. The molecule has 6 nitrogen and oxygen atoms in total. The molecule has 0 aromatic heterocycles. The number of hydrogen-bond donors (Lipinski definition) is 1. The number of ether oxygens (including phenoxy) is 4. The molecule has 1 fully saturated rings. The highest BCUT2D eigenvalue weighted by atomic mass is 33.1. The van der Waals surface area contributed by atoms with Crippen LogP contribution in [0.5, 0.6) is 17.2 Å². The van der Waals surface area contributed by atoms with Gasteiger partial charge in [0.25, 0.3) is 0 Å². The van der Waals surface area contributed by atoms with Gasteiger partial charge in [0, 0.05) is 36.7 Å². The van der Waals surface area contributed by atoms with Gasteiger partial charge in [0.1, 0.15) is 5.72 Å². The van der Waals surface area contributed by atoms with Crippen molar-refractivity contribution >= 4 is 33.2 Å². The van der Waals surface area contributed by atoms with E-state index in [1.807, 2.05) is 35.4 Å². The lowest BCUT2D eigenvalue weighted by atomic mass is 10.1. The van der Waals surface area contributed by atoms with E-state index >= 15 is 0 Å². The third-order valence-corrected chi connectivity index (χ3v) is 7.54. The minimum atomic E-state index is -0.619. The summed E-state index contributed by atoms with van der Waals surface area (Å²) in [4.78, 5) is 12.3. The van der Waals surface area contributed by atoms with Crippen LogP contribution in [0.25, 0.3) is 0 Å². The minimum Gasteiger partial charge on any atom is -0.454 e. The van der Waals surface area contributed by atoms with Crippen LogP contribution in [-0.4, -0.2) is 36.6 Å². The molecule has 0 radical (unpaired) electrons. The highest BCUT2D eigenvalue weighted by molar-refractivity contribution is 8.77. The third-order valence-electron chi connectivity index (χ3n) is 4.53. The van der Waals surface area contributed by atoms with Crippen LogP contribution in [0, 0.1) is 0 Å². The zero-order chi connectivity index (χ0) is 19.3. The number of anilines is 1. The van der Waals surface area contributed by atoms with E-state index < -0.39 is 5.72 Å². The topological polar surface area (TPSA) is 66.0 Å². The molecule has 1 aromatic carbocycles. The summed E-state index contributed by atoms with van der Waals surface area (Å²) < 4.78 is 21.9. The van der Waals surface area contributed by atoms with Gasteiger partial charge in [-0.15, -0.1) is 0 Å². The first-order chi connectivity index (χ1) is 13.0. The molecule has 0 aliphatic carbocycles. The molecule has 8 heteroatoms. The lowest BCUT2D eigenvalue weighted by molar-refractivity contribution is -0.134. The van der Waals surface area contributed by atoms with Crippen molar-refractivity contribution in [3.05, 3.63) is 12.1 Å². The number of benzene rings is 1. The third kappa shape index (κ3) is 5.86.